The number of nitrogens with one attached hydrogen (secondary N) is 3. The molecule has 35 heteroatoms. The Balaban J connectivity index is 1.33. The lowest BCUT2D eigenvalue weighted by molar-refractivity contribution is -0.219. The minimum atomic E-state index is -5.26. The second-order valence-electron chi connectivity index (χ2n) is 31.3. The van der Waals surface area contributed by atoms with Gasteiger partial charge in [-0.05, 0) is 120 Å². The van der Waals surface area contributed by atoms with Crippen molar-refractivity contribution in [2.24, 2.45) is 35.5 Å². The summed E-state index contributed by atoms with van der Waals surface area (Å²) in [6, 6.07) is -12.3. The fourth-order valence-corrected chi connectivity index (χ4v) is 17.0. The van der Waals surface area contributed by atoms with Gasteiger partial charge in [-0.25, -0.2) is 17.6 Å². The average Bonchev–Trinajstić information content (AvgIpc) is 0.874. The Labute approximate surface area is 624 Å². The Morgan fingerprint density at radius 1 is 0.648 bits per heavy atom. The molecule has 3 heterocycles. The van der Waals surface area contributed by atoms with Gasteiger partial charge in [0, 0.05) is 95.3 Å². The molecular weight excluding hydrogens is 1440 g/mol. The average molecular weight is 1550 g/mol. The minimum absolute atomic E-state index is 0.0204. The van der Waals surface area contributed by atoms with Gasteiger partial charge in [0.2, 0.25) is 70.9 Å². The van der Waals surface area contributed by atoms with E-state index in [1.807, 2.05) is 0 Å². The molecule has 2 bridgehead atoms. The molecule has 3 aliphatic heterocycles. The van der Waals surface area contributed by atoms with Crippen molar-refractivity contribution in [3.8, 4) is 0 Å². The molecule has 25 nitrogen and oxygen atoms in total. The highest BCUT2D eigenvalue weighted by molar-refractivity contribution is 6.01. The first-order valence-corrected chi connectivity index (χ1v) is 37.8. The Hall–Kier alpha value is -7.36. The number of halogens is 10. The summed E-state index contributed by atoms with van der Waals surface area (Å²) in [5.74, 6) is -22.5. The fourth-order valence-electron chi connectivity index (χ4n) is 17.0. The van der Waals surface area contributed by atoms with Crippen LogP contribution in [0.3, 0.4) is 0 Å². The van der Waals surface area contributed by atoms with Crippen LogP contribution in [0, 0.1) is 35.5 Å². The van der Waals surface area contributed by atoms with Crippen molar-refractivity contribution in [2.75, 3.05) is 89.2 Å². The monoisotopic (exact) mass is 1550 g/mol. The van der Waals surface area contributed by atoms with Crippen LogP contribution in [0.1, 0.15) is 163 Å². The van der Waals surface area contributed by atoms with Crippen LogP contribution in [0.25, 0.3) is 0 Å². The Kier molecular flexibility index (Phi) is 29.8. The highest BCUT2D eigenvalue weighted by atomic mass is 19.4. The number of carbonyl (C=O) groups is 12. The van der Waals surface area contributed by atoms with Gasteiger partial charge in [0.1, 0.15) is 72.1 Å². The quantitative estimate of drug-likeness (QED) is 0.150. The van der Waals surface area contributed by atoms with E-state index < -0.39 is 262 Å². The maximum absolute atomic E-state index is 15.7. The van der Waals surface area contributed by atoms with E-state index in [2.05, 4.69) is 16.0 Å². The molecule has 0 radical (unpaired) electrons. The van der Waals surface area contributed by atoms with Crippen molar-refractivity contribution >= 4 is 70.9 Å². The summed E-state index contributed by atoms with van der Waals surface area (Å²) in [6.07, 6.45) is -18.4. The normalized spacial score (nSPS) is 32.4. The molecule has 12 atom stereocenters. The lowest BCUT2D eigenvalue weighted by atomic mass is 9.71. The van der Waals surface area contributed by atoms with Crippen LogP contribution >= 0.6 is 0 Å². The van der Waals surface area contributed by atoms with Gasteiger partial charge in [0.25, 0.3) is 5.92 Å². The predicted molar refractivity (Wildman–Crippen MR) is 372 cm³/mol. The molecule has 3 N–H and O–H groups in total. The van der Waals surface area contributed by atoms with Crippen molar-refractivity contribution in [1.82, 2.24) is 60.0 Å². The highest BCUT2D eigenvalue weighted by Gasteiger charge is 2.65. The van der Waals surface area contributed by atoms with Crippen molar-refractivity contribution in [1.29, 1.82) is 0 Å². The SMILES string of the molecule is CCO[C@@H]1C[C@H]2C(=O)NC3(CC(F)(F)C3)C(=O)N(C)[C@@H](C3CCCC3)C(=O)N(C)[C@H](C(=O)N(C)C)CC(=O)N(C)[C@@H](CC)C(=O)N[C@@H]([C@@H](C)CC)C(=O)N(C)CC(=O)N(C)[C@H]3C/C=C\CCN(C3=O)[C@@H](CC3CCC(C(F)(F)F)CC3)C(=O)N(C)CC(=O)N[C@@H](CCC3CC(F)C(C(F)(F)F)C(F)C3)C(=O)N2C1. The molecule has 6 fully saturated rings. The number of amides is 12. The number of carbonyl (C=O) groups excluding carboxylic acids is 12. The number of fused-ring (bicyclic) bond motifs is 3. The summed E-state index contributed by atoms with van der Waals surface area (Å²) >= 11 is 0. The molecular formula is C73H110F10N12O13. The maximum Gasteiger partial charge on any atom is 0.397 e. The van der Waals surface area contributed by atoms with E-state index in [4.69, 9.17) is 4.74 Å². The molecule has 7 rings (SSSR count). The number of likely N-dealkylation sites (N-methyl/N-ethyl adjacent to an activating group) is 7. The summed E-state index contributed by atoms with van der Waals surface area (Å²) in [4.78, 5) is 189. The lowest BCUT2D eigenvalue weighted by Crippen LogP contribution is -2.72. The van der Waals surface area contributed by atoms with E-state index in [-0.39, 0.29) is 70.9 Å². The molecule has 108 heavy (non-hydrogen) atoms. The van der Waals surface area contributed by atoms with Crippen LogP contribution in [0.15, 0.2) is 12.2 Å². The fraction of sp³-hybridized carbons (Fsp3) is 0.808. The van der Waals surface area contributed by atoms with Crippen LogP contribution in [-0.4, -0.2) is 295 Å². The molecule has 0 aromatic heterocycles. The largest absolute Gasteiger partial charge is 0.397 e. The Morgan fingerprint density at radius 3 is 1.81 bits per heavy atom. The van der Waals surface area contributed by atoms with Crippen LogP contribution in [0.4, 0.5) is 43.9 Å². The molecule has 2 unspecified atom stereocenters. The van der Waals surface area contributed by atoms with Crippen LogP contribution in [0.5, 0.6) is 0 Å². The van der Waals surface area contributed by atoms with E-state index in [1.54, 1.807) is 39.8 Å². The van der Waals surface area contributed by atoms with E-state index >= 15 is 46.3 Å². The predicted octanol–water partition coefficient (Wildman–Crippen LogP) is 5.96. The topological polar surface area (TPSA) is 279 Å². The van der Waals surface area contributed by atoms with Gasteiger partial charge >= 0.3 is 12.4 Å². The number of rotatable bonds is 12. The standard InChI is InChI=1S/C73H110F10N12O13/c1-13-41(4)59-67(105)89(8)38-57(98)91(10)51-23-17-16-20-30-94(66(51)104)54(33-42-24-27-45(28-25-42)72(78,79)80)65(103)88(7)37-55(96)84-49(29-26-43-31-47(74)58(48(75)32-43)73(81,82)83)63(101)95-36-46(108-15-3)34-52(95)62(100)86-70(39-71(76,77)40-70)69(107)93(12)60(44-21-18-19-22-44)68(106)92(11)53(64(102)87(5)6)35-56(97)90(9)50(14-2)61(99)85-59/h16-17,41-54,58-60H,13-15,18-40H2,1-12H3,(H,84,96)(H,85,99)(H,86,100)/b17-16-/t41-,42?,43?,45?,46+,47?,48?,49-,50-,51-,52-,53-,54-,58?,59-,60-/m0/s1. The van der Waals surface area contributed by atoms with Gasteiger partial charge in [-0.1, -0.05) is 52.2 Å². The summed E-state index contributed by atoms with van der Waals surface area (Å²) < 4.78 is 152. The smallest absolute Gasteiger partial charge is 0.377 e. The molecule has 2 saturated heterocycles. The Bertz CT molecular complexity index is 3260. The number of hydrogen-bond acceptors (Lipinski definition) is 13. The third-order valence-corrected chi connectivity index (χ3v) is 23.5. The first kappa shape index (κ1) is 87.9. The molecule has 1 spiro atoms. The minimum Gasteiger partial charge on any atom is -0.377 e. The third kappa shape index (κ3) is 20.8. The van der Waals surface area contributed by atoms with E-state index in [9.17, 15) is 55.1 Å². The molecule has 4 aliphatic carbocycles. The van der Waals surface area contributed by atoms with Crippen LogP contribution in [-0.2, 0) is 62.3 Å². The molecule has 7 aliphatic rings. The van der Waals surface area contributed by atoms with Crippen LogP contribution in [0.2, 0.25) is 0 Å². The van der Waals surface area contributed by atoms with E-state index in [1.165, 1.54) is 54.2 Å². The zero-order valence-corrected chi connectivity index (χ0v) is 64.0. The zero-order valence-electron chi connectivity index (χ0n) is 64.0. The van der Waals surface area contributed by atoms with Crippen molar-refractivity contribution < 1.29 is 106 Å². The summed E-state index contributed by atoms with van der Waals surface area (Å²) in [5.41, 5.74) is -2.50. The molecule has 12 amide bonds. The third-order valence-electron chi connectivity index (χ3n) is 23.5. The second-order valence-corrected chi connectivity index (χ2v) is 31.3. The highest BCUT2D eigenvalue weighted by Crippen LogP contribution is 2.49. The van der Waals surface area contributed by atoms with Gasteiger partial charge < -0.3 is 64.8 Å². The maximum atomic E-state index is 15.7. The van der Waals surface area contributed by atoms with Crippen molar-refractivity contribution in [2.45, 2.75) is 253 Å². The molecule has 4 saturated carbocycles. The van der Waals surface area contributed by atoms with Gasteiger partial charge in [-0.15, -0.1) is 0 Å². The van der Waals surface area contributed by atoms with Crippen molar-refractivity contribution in [3.05, 3.63) is 12.2 Å². The van der Waals surface area contributed by atoms with Gasteiger partial charge in [0.15, 0.2) is 0 Å². The van der Waals surface area contributed by atoms with Gasteiger partial charge in [-0.2, -0.15) is 26.3 Å². The number of ether oxygens (including phenoxy) is 1. The first-order valence-electron chi connectivity index (χ1n) is 37.8. The zero-order chi connectivity index (χ0) is 80.6. The summed E-state index contributed by atoms with van der Waals surface area (Å²) in [6.45, 7) is 4.25. The molecule has 610 valence electrons. The molecule has 0 aromatic carbocycles. The number of nitrogens with zero attached hydrogens (tertiary/aromatic N) is 9. The van der Waals surface area contributed by atoms with Gasteiger partial charge in [0.05, 0.1) is 31.5 Å². The van der Waals surface area contributed by atoms with Crippen molar-refractivity contribution in [3.63, 3.8) is 0 Å². The summed E-state index contributed by atoms with van der Waals surface area (Å²) in [7, 11) is 10.1. The number of hydrogen-bond donors (Lipinski definition) is 3. The first-order chi connectivity index (χ1) is 50.4. The molecule has 0 aromatic rings. The van der Waals surface area contributed by atoms with E-state index in [0.717, 1.165) is 46.2 Å². The summed E-state index contributed by atoms with van der Waals surface area (Å²) in [5, 5.41) is 7.78. The Morgan fingerprint density at radius 2 is 1.26 bits per heavy atom. The van der Waals surface area contributed by atoms with E-state index in [0.29, 0.717) is 32.1 Å². The van der Waals surface area contributed by atoms with Gasteiger partial charge in [-0.3, -0.25) is 57.5 Å². The number of alkyl halides is 10. The van der Waals surface area contributed by atoms with Crippen LogP contribution < -0.4 is 16.0 Å². The lowest BCUT2D eigenvalue weighted by Gasteiger charge is -2.50. The second kappa shape index (κ2) is 36.7.